The van der Waals surface area contributed by atoms with Gasteiger partial charge in [0.05, 0.1) is 0 Å². The molecule has 2 unspecified atom stereocenters. The minimum absolute atomic E-state index is 0.738. The maximum Gasteiger partial charge on any atom is 0.445 e. The van der Waals surface area contributed by atoms with Crippen LogP contribution in [-0.2, 0) is 4.74 Å². The van der Waals surface area contributed by atoms with Crippen molar-refractivity contribution >= 4 is 0 Å². The molecule has 0 N–H and O–H groups in total. The molecule has 21 heavy (non-hydrogen) atoms. The lowest BCUT2D eigenvalue weighted by molar-refractivity contribution is -0.114. The molecule has 0 aliphatic carbocycles. The Balaban J connectivity index is 2.92. The number of hydrogen-bond donors (Lipinski definition) is 0. The molecule has 1 nitrogen and oxygen atoms in total. The first kappa shape index (κ1) is 17.8. The number of allylic oxidation sites excluding steroid dienone is 2. The lowest BCUT2D eigenvalue weighted by Gasteiger charge is -2.14. The Morgan fingerprint density at radius 3 is 1.19 bits per heavy atom. The molecular formula is C10H6F10O. The average Bonchev–Trinajstić information content (AvgIpc) is 2.82. The number of hydrogen-bond acceptors (Lipinski definition) is 1. The van der Waals surface area contributed by atoms with Crippen molar-refractivity contribution < 1.29 is 48.6 Å². The summed E-state index contributed by atoms with van der Waals surface area (Å²) in [6.07, 6.45) is -17.3. The summed E-state index contributed by atoms with van der Waals surface area (Å²) in [6.45, 7) is 0. The SMILES string of the molecule is FC(=C(F)C(F)(F)F)C1CCC(C(F)=C(F)C(F)(F)F)O1. The van der Waals surface area contributed by atoms with Gasteiger partial charge in [-0.15, -0.1) is 0 Å². The predicted molar refractivity (Wildman–Crippen MR) is 48.5 cm³/mol. The maximum atomic E-state index is 13.1. The Hall–Kier alpha value is -1.26. The van der Waals surface area contributed by atoms with E-state index in [0.29, 0.717) is 0 Å². The number of halogens is 10. The first-order chi connectivity index (χ1) is 9.35. The Bertz CT molecular complexity index is 415. The summed E-state index contributed by atoms with van der Waals surface area (Å²) in [5.41, 5.74) is 0. The molecule has 1 heterocycles. The van der Waals surface area contributed by atoms with E-state index >= 15 is 0 Å². The van der Waals surface area contributed by atoms with Gasteiger partial charge in [-0.2, -0.15) is 35.1 Å². The number of rotatable bonds is 2. The second-order valence-electron chi connectivity index (χ2n) is 4.01. The van der Waals surface area contributed by atoms with E-state index in [1.54, 1.807) is 0 Å². The molecule has 1 aliphatic rings. The van der Waals surface area contributed by atoms with Gasteiger partial charge >= 0.3 is 12.4 Å². The minimum atomic E-state index is -5.66. The van der Waals surface area contributed by atoms with Crippen molar-refractivity contribution in [3.8, 4) is 0 Å². The van der Waals surface area contributed by atoms with Crippen molar-refractivity contribution in [2.45, 2.75) is 37.4 Å². The number of alkyl halides is 6. The van der Waals surface area contributed by atoms with Gasteiger partial charge in [0, 0.05) is 0 Å². The van der Waals surface area contributed by atoms with Gasteiger partial charge in [-0.25, -0.2) is 8.78 Å². The Kier molecular flexibility index (Phi) is 4.96. The summed E-state index contributed by atoms with van der Waals surface area (Å²) < 4.78 is 127. The highest BCUT2D eigenvalue weighted by molar-refractivity contribution is 5.16. The van der Waals surface area contributed by atoms with Gasteiger partial charge in [0.25, 0.3) is 0 Å². The monoisotopic (exact) mass is 332 g/mol. The third-order valence-corrected chi connectivity index (χ3v) is 2.50. The highest BCUT2D eigenvalue weighted by Gasteiger charge is 2.45. The van der Waals surface area contributed by atoms with E-state index < -0.39 is 60.7 Å². The van der Waals surface area contributed by atoms with Crippen LogP contribution in [0.4, 0.5) is 43.9 Å². The van der Waals surface area contributed by atoms with Crippen molar-refractivity contribution in [2.75, 3.05) is 0 Å². The molecule has 0 spiro atoms. The van der Waals surface area contributed by atoms with Crippen LogP contribution in [0.5, 0.6) is 0 Å². The molecule has 0 saturated carbocycles. The van der Waals surface area contributed by atoms with E-state index in [4.69, 9.17) is 0 Å². The van der Waals surface area contributed by atoms with Crippen molar-refractivity contribution in [3.63, 3.8) is 0 Å². The molecule has 0 bridgehead atoms. The van der Waals surface area contributed by atoms with E-state index in [9.17, 15) is 43.9 Å². The first-order valence-electron chi connectivity index (χ1n) is 5.26. The smallest absolute Gasteiger partial charge is 0.361 e. The average molecular weight is 332 g/mol. The van der Waals surface area contributed by atoms with Crippen LogP contribution in [0.2, 0.25) is 0 Å². The van der Waals surface area contributed by atoms with Gasteiger partial charge in [0.1, 0.15) is 12.2 Å². The molecule has 11 heteroatoms. The molecule has 0 amide bonds. The van der Waals surface area contributed by atoms with Crippen LogP contribution in [0.25, 0.3) is 0 Å². The van der Waals surface area contributed by atoms with Crippen LogP contribution >= 0.6 is 0 Å². The summed E-state index contributed by atoms with van der Waals surface area (Å²) in [5, 5.41) is 0. The molecular weight excluding hydrogens is 326 g/mol. The van der Waals surface area contributed by atoms with Crippen LogP contribution < -0.4 is 0 Å². The fourth-order valence-corrected chi connectivity index (χ4v) is 1.56. The predicted octanol–water partition coefficient (Wildman–Crippen LogP) is 4.96. The molecule has 0 radical (unpaired) electrons. The van der Waals surface area contributed by atoms with Crippen molar-refractivity contribution in [3.05, 3.63) is 23.3 Å². The van der Waals surface area contributed by atoms with E-state index in [2.05, 4.69) is 4.74 Å². The lowest BCUT2D eigenvalue weighted by Crippen LogP contribution is -2.19. The van der Waals surface area contributed by atoms with Crippen molar-refractivity contribution in [2.24, 2.45) is 0 Å². The van der Waals surface area contributed by atoms with Crippen LogP contribution in [0.15, 0.2) is 23.3 Å². The fraction of sp³-hybridized carbons (Fsp3) is 0.600. The highest BCUT2D eigenvalue weighted by atomic mass is 19.4. The van der Waals surface area contributed by atoms with Gasteiger partial charge in [-0.05, 0) is 12.8 Å². The Labute approximate surface area is 110 Å². The zero-order valence-electron chi connectivity index (χ0n) is 9.76. The minimum Gasteiger partial charge on any atom is -0.361 e. The fourth-order valence-electron chi connectivity index (χ4n) is 1.56. The summed E-state index contributed by atoms with van der Waals surface area (Å²) in [5.74, 6) is -11.1. The summed E-state index contributed by atoms with van der Waals surface area (Å²) >= 11 is 0. The van der Waals surface area contributed by atoms with Gasteiger partial charge in [-0.1, -0.05) is 0 Å². The molecule has 1 fully saturated rings. The molecule has 0 aromatic heterocycles. The van der Waals surface area contributed by atoms with E-state index in [1.165, 1.54) is 0 Å². The molecule has 1 saturated heterocycles. The standard InChI is InChI=1S/C10H6F10O/c11-5(7(13)9(15,16)17)3-1-2-4(21-3)6(12)8(14)10(18,19)20/h3-4H,1-2H2. The summed E-state index contributed by atoms with van der Waals surface area (Å²) in [7, 11) is 0. The topological polar surface area (TPSA) is 9.23 Å². The van der Waals surface area contributed by atoms with E-state index in [0.717, 1.165) is 0 Å². The van der Waals surface area contributed by atoms with Crippen molar-refractivity contribution in [1.82, 2.24) is 0 Å². The summed E-state index contributed by atoms with van der Waals surface area (Å²) in [6, 6.07) is 0. The third-order valence-electron chi connectivity index (χ3n) is 2.50. The van der Waals surface area contributed by atoms with Crippen molar-refractivity contribution in [1.29, 1.82) is 0 Å². The molecule has 0 aromatic carbocycles. The normalized spacial score (nSPS) is 26.6. The van der Waals surface area contributed by atoms with E-state index in [-0.39, 0.29) is 0 Å². The van der Waals surface area contributed by atoms with Gasteiger partial charge in [0.2, 0.25) is 11.7 Å². The first-order valence-corrected chi connectivity index (χ1v) is 5.26. The van der Waals surface area contributed by atoms with Crippen LogP contribution in [0.1, 0.15) is 12.8 Å². The number of ether oxygens (including phenoxy) is 1. The van der Waals surface area contributed by atoms with Crippen LogP contribution in [0.3, 0.4) is 0 Å². The highest BCUT2D eigenvalue weighted by Crippen LogP contribution is 2.39. The summed E-state index contributed by atoms with van der Waals surface area (Å²) in [4.78, 5) is 0. The second kappa shape index (κ2) is 5.85. The lowest BCUT2D eigenvalue weighted by atomic mass is 10.1. The quantitative estimate of drug-likeness (QED) is 0.650. The van der Waals surface area contributed by atoms with Crippen LogP contribution in [-0.4, -0.2) is 24.6 Å². The van der Waals surface area contributed by atoms with Gasteiger partial charge in [0.15, 0.2) is 11.7 Å². The molecule has 0 aromatic rings. The van der Waals surface area contributed by atoms with E-state index in [1.807, 2.05) is 0 Å². The van der Waals surface area contributed by atoms with Crippen LogP contribution in [0, 0.1) is 0 Å². The Morgan fingerprint density at radius 1 is 0.667 bits per heavy atom. The second-order valence-corrected chi connectivity index (χ2v) is 4.01. The zero-order chi connectivity index (χ0) is 16.6. The Morgan fingerprint density at radius 2 is 0.952 bits per heavy atom. The molecule has 2 atom stereocenters. The van der Waals surface area contributed by atoms with Gasteiger partial charge in [-0.3, -0.25) is 0 Å². The third kappa shape index (κ3) is 4.11. The largest absolute Gasteiger partial charge is 0.445 e. The molecule has 1 rings (SSSR count). The maximum absolute atomic E-state index is 13.1. The van der Waals surface area contributed by atoms with Gasteiger partial charge < -0.3 is 4.74 Å². The molecule has 122 valence electrons. The zero-order valence-corrected chi connectivity index (χ0v) is 9.76. The molecule has 1 aliphatic heterocycles.